The van der Waals surface area contributed by atoms with Crippen LogP contribution in [0.15, 0.2) is 136 Å². The Morgan fingerprint density at radius 1 is 0.744 bits per heavy atom. The number of carbonyl (C=O) groups excluding carboxylic acids is 3. The molecule has 0 aromatic heterocycles. The van der Waals surface area contributed by atoms with Crippen LogP contribution >= 0.6 is 23.4 Å². The zero-order valence-corrected chi connectivity index (χ0v) is 52.8. The van der Waals surface area contributed by atoms with E-state index in [4.69, 9.17) is 16.3 Å². The lowest BCUT2D eigenvalue weighted by molar-refractivity contribution is -0.137. The molecule has 3 N–H and O–H groups in total. The fourth-order valence-corrected chi connectivity index (χ4v) is 15.6. The van der Waals surface area contributed by atoms with Crippen molar-refractivity contribution >= 4 is 89.4 Å². The Morgan fingerprint density at radius 2 is 1.43 bits per heavy atom. The van der Waals surface area contributed by atoms with Gasteiger partial charge in [-0.2, -0.15) is 26.3 Å². The van der Waals surface area contributed by atoms with Crippen molar-refractivity contribution in [3.63, 3.8) is 0 Å². The standard InChI is InChI=1S/C63H72ClF6N9O8S3/c1-61(43-76-29-33-78(34-30-76)56-19-16-50(38-54(56)62(65,66)67)79-26-22-58(80)72-60(79)82)23-20-53(44-8-12-47(64)13-9-44)46(40-61)41-75-27-31-77(32-28-75)49-14-10-45(11-15-49)59(81)73-90(85,86)52-17-18-55(57(39-52)89(83,84)63(68,69)70)71-48(42-88-51-6-3-2-4-7-51)21-25-74-24-5-36-87-37-35-74/h2-4,6-19,38-39,48,71H,5,20-37,40-43H2,1H3,(H,73,81)(H,72,80,82)/t48-,61-/m1/s1. The molecular formula is C63H72ClF6N9O8S3. The minimum Gasteiger partial charge on any atom is -0.380 e. The van der Waals surface area contributed by atoms with Crippen molar-refractivity contribution in [1.29, 1.82) is 0 Å². The predicted octanol–water partition coefficient (Wildman–Crippen LogP) is 10.5. The van der Waals surface area contributed by atoms with Crippen molar-refractivity contribution in [3.8, 4) is 0 Å². The maximum Gasteiger partial charge on any atom is 0.501 e. The van der Waals surface area contributed by atoms with Gasteiger partial charge in [-0.05, 0) is 134 Å². The lowest BCUT2D eigenvalue weighted by Gasteiger charge is -2.45. The first-order valence-electron chi connectivity index (χ1n) is 29.9. The molecule has 0 bridgehead atoms. The number of amides is 4. The van der Waals surface area contributed by atoms with Crippen LogP contribution in [0.1, 0.15) is 66.9 Å². The molecule has 2 atom stereocenters. The second-order valence-electron chi connectivity index (χ2n) is 23.7. The molecule has 90 heavy (non-hydrogen) atoms. The Hall–Kier alpha value is -6.39. The molecule has 17 nitrogen and oxygen atoms in total. The van der Waals surface area contributed by atoms with E-state index in [9.17, 15) is 57.6 Å². The van der Waals surface area contributed by atoms with Gasteiger partial charge in [0.25, 0.3) is 25.8 Å². The van der Waals surface area contributed by atoms with E-state index >= 15 is 0 Å². The highest BCUT2D eigenvalue weighted by Gasteiger charge is 2.49. The molecule has 5 aromatic carbocycles. The average Bonchev–Trinajstić information content (AvgIpc) is 0.806. The number of carbonyl (C=O) groups is 3. The van der Waals surface area contributed by atoms with E-state index in [2.05, 4.69) is 37.2 Å². The van der Waals surface area contributed by atoms with E-state index in [0.29, 0.717) is 108 Å². The van der Waals surface area contributed by atoms with Crippen molar-refractivity contribution in [2.75, 3.05) is 131 Å². The number of benzene rings is 5. The molecule has 1 aliphatic carbocycles. The van der Waals surface area contributed by atoms with Crippen LogP contribution in [0.25, 0.3) is 5.57 Å². The zero-order chi connectivity index (χ0) is 64.0. The summed E-state index contributed by atoms with van der Waals surface area (Å²) in [7, 11) is -11.0. The van der Waals surface area contributed by atoms with Gasteiger partial charge in [-0.25, -0.2) is 26.4 Å². The molecule has 4 saturated heterocycles. The minimum absolute atomic E-state index is 0.0145. The summed E-state index contributed by atoms with van der Waals surface area (Å²) in [5.41, 5.74) is -2.75. The van der Waals surface area contributed by atoms with Crippen LogP contribution < -0.4 is 30.1 Å². The molecule has 4 fully saturated rings. The summed E-state index contributed by atoms with van der Waals surface area (Å²) >= 11 is 7.77. The molecule has 27 heteroatoms. The van der Waals surface area contributed by atoms with Crippen LogP contribution in [-0.4, -0.2) is 172 Å². The highest BCUT2D eigenvalue weighted by molar-refractivity contribution is 7.99. The van der Waals surface area contributed by atoms with Crippen LogP contribution in [-0.2, 0) is 35.6 Å². The van der Waals surface area contributed by atoms with E-state index in [0.717, 1.165) is 78.0 Å². The molecule has 0 unspecified atom stereocenters. The molecule has 4 amide bonds. The minimum atomic E-state index is -6.12. The quantitative estimate of drug-likeness (QED) is 0.0494. The number of imide groups is 1. The number of hydrogen-bond donors (Lipinski definition) is 3. The highest BCUT2D eigenvalue weighted by Crippen LogP contribution is 2.45. The van der Waals surface area contributed by atoms with Crippen molar-refractivity contribution in [1.82, 2.24) is 24.7 Å². The summed E-state index contributed by atoms with van der Waals surface area (Å²) in [6.45, 7) is 11.2. The molecule has 10 rings (SSSR count). The second kappa shape index (κ2) is 28.2. The Labute approximate surface area is 530 Å². The molecule has 5 aromatic rings. The number of thioether (sulfide) groups is 1. The van der Waals surface area contributed by atoms with E-state index in [1.165, 1.54) is 47.2 Å². The smallest absolute Gasteiger partial charge is 0.380 e. The number of piperazine rings is 2. The van der Waals surface area contributed by atoms with Crippen molar-refractivity contribution in [2.24, 2.45) is 5.41 Å². The summed E-state index contributed by atoms with van der Waals surface area (Å²) in [4.78, 5) is 48.5. The summed E-state index contributed by atoms with van der Waals surface area (Å²) in [6, 6.07) is 28.3. The first kappa shape index (κ1) is 66.5. The SMILES string of the molecule is C[C@@]1(CN2CCN(c3ccc(N4CCC(=O)NC4=O)cc3C(F)(F)F)CC2)CCC(c2ccc(Cl)cc2)=C(CN2CCN(c3ccc(C(=O)NS(=O)(=O)c4ccc(N[C@H](CCN5CCCOCC5)CSc5ccccc5)c(S(=O)(=O)C(F)(F)F)c4)cc3)CC2)C1. The number of sulfonamides is 1. The summed E-state index contributed by atoms with van der Waals surface area (Å²) in [5, 5.41) is 5.79. The van der Waals surface area contributed by atoms with Gasteiger partial charge in [0, 0.05) is 149 Å². The van der Waals surface area contributed by atoms with Crippen LogP contribution in [0.4, 0.5) is 53.9 Å². The largest absolute Gasteiger partial charge is 0.501 e. The van der Waals surface area contributed by atoms with E-state index < -0.39 is 76.5 Å². The van der Waals surface area contributed by atoms with Gasteiger partial charge in [-0.1, -0.05) is 54.4 Å². The third kappa shape index (κ3) is 16.4. The number of rotatable bonds is 20. The number of nitrogens with one attached hydrogen (secondary N) is 3. The molecule has 4 aliphatic heterocycles. The molecular weight excluding hydrogens is 1260 g/mol. The third-order valence-electron chi connectivity index (χ3n) is 17.2. The van der Waals surface area contributed by atoms with Gasteiger partial charge in [0.1, 0.15) is 4.90 Å². The Kier molecular flexibility index (Phi) is 20.9. The number of allylic oxidation sites excluding steroid dienone is 1. The van der Waals surface area contributed by atoms with Crippen LogP contribution in [0.5, 0.6) is 0 Å². The first-order valence-corrected chi connectivity index (χ1v) is 34.2. The second-order valence-corrected chi connectivity index (χ2v) is 28.8. The fraction of sp³-hybridized carbons (Fsp3) is 0.444. The Morgan fingerprint density at radius 3 is 2.12 bits per heavy atom. The number of sulfone groups is 1. The monoisotopic (exact) mass is 1330 g/mol. The third-order valence-corrected chi connectivity index (χ3v) is 21.5. The zero-order valence-electron chi connectivity index (χ0n) is 49.6. The van der Waals surface area contributed by atoms with Crippen molar-refractivity contribution in [3.05, 3.63) is 143 Å². The fourth-order valence-electron chi connectivity index (χ4n) is 12.4. The number of alkyl halides is 6. The van der Waals surface area contributed by atoms with Gasteiger partial charge >= 0.3 is 17.7 Å². The van der Waals surface area contributed by atoms with E-state index in [1.807, 2.05) is 59.3 Å². The molecule has 484 valence electrons. The molecule has 0 radical (unpaired) electrons. The summed E-state index contributed by atoms with van der Waals surface area (Å²) in [5.74, 6) is -1.22. The molecule has 5 aliphatic rings. The van der Waals surface area contributed by atoms with Gasteiger partial charge in [0.15, 0.2) is 0 Å². The van der Waals surface area contributed by atoms with Crippen LogP contribution in [0, 0.1) is 5.41 Å². The maximum absolute atomic E-state index is 14.6. The van der Waals surface area contributed by atoms with E-state index in [1.54, 1.807) is 17.0 Å². The maximum atomic E-state index is 14.6. The van der Waals surface area contributed by atoms with Gasteiger partial charge in [-0.15, -0.1) is 11.8 Å². The average molecular weight is 1330 g/mol. The first-order chi connectivity index (χ1) is 42.8. The molecule has 4 heterocycles. The van der Waals surface area contributed by atoms with Crippen molar-refractivity contribution in [2.45, 2.75) is 77.9 Å². The number of ether oxygens (including phenoxy) is 1. The lowest BCUT2D eigenvalue weighted by atomic mass is 9.71. The Balaban J connectivity index is 0.765. The topological polar surface area (TPSA) is 184 Å². The van der Waals surface area contributed by atoms with Gasteiger partial charge in [-0.3, -0.25) is 29.6 Å². The van der Waals surface area contributed by atoms with Crippen LogP contribution in [0.3, 0.4) is 0 Å². The van der Waals surface area contributed by atoms with Gasteiger partial charge in [0.05, 0.1) is 22.8 Å². The van der Waals surface area contributed by atoms with E-state index in [-0.39, 0.29) is 35.3 Å². The molecule has 0 saturated carbocycles. The highest BCUT2D eigenvalue weighted by atomic mass is 35.5. The lowest BCUT2D eigenvalue weighted by Crippen LogP contribution is -2.51. The predicted molar refractivity (Wildman–Crippen MR) is 336 cm³/mol. The number of nitrogens with zero attached hydrogens (tertiary/aromatic N) is 6. The number of halogens is 7. The van der Waals surface area contributed by atoms with Crippen LogP contribution in [0.2, 0.25) is 5.02 Å². The van der Waals surface area contributed by atoms with Gasteiger partial charge in [0.2, 0.25) is 5.91 Å². The number of urea groups is 1. The number of anilines is 4. The normalized spacial score (nSPS) is 20.2. The van der Waals surface area contributed by atoms with Crippen molar-refractivity contribution < 1.29 is 62.3 Å². The number of hydrogen-bond acceptors (Lipinski definition) is 15. The summed E-state index contributed by atoms with van der Waals surface area (Å²) < 4.78 is 148. The van der Waals surface area contributed by atoms with Gasteiger partial charge < -0.3 is 24.8 Å². The molecule has 0 spiro atoms. The Bertz CT molecular complexity index is 3640. The summed E-state index contributed by atoms with van der Waals surface area (Å²) in [6.07, 6.45) is -0.991.